The van der Waals surface area contributed by atoms with Crippen LogP contribution in [-0.4, -0.2) is 41.9 Å². The van der Waals surface area contributed by atoms with E-state index in [9.17, 15) is 4.79 Å². The van der Waals surface area contributed by atoms with Gasteiger partial charge in [0.15, 0.2) is 5.82 Å². The van der Waals surface area contributed by atoms with Gasteiger partial charge in [-0.1, -0.05) is 11.6 Å². The maximum Gasteiger partial charge on any atom is 0.295 e. The van der Waals surface area contributed by atoms with E-state index in [4.69, 9.17) is 16.3 Å². The number of amides is 1. The molecular weight excluding hydrogens is 426 g/mol. The third-order valence-corrected chi connectivity index (χ3v) is 5.12. The second kappa shape index (κ2) is 9.11. The van der Waals surface area contributed by atoms with Gasteiger partial charge in [0.1, 0.15) is 5.75 Å². The molecule has 162 valence electrons. The lowest BCUT2D eigenvalue weighted by molar-refractivity contribution is 0.101. The molecule has 3 aromatic carbocycles. The van der Waals surface area contributed by atoms with Gasteiger partial charge in [-0.25, -0.2) is 9.67 Å². The number of benzene rings is 3. The number of anilines is 2. The number of nitrogens with one attached hydrogen (secondary N) is 1. The Morgan fingerprint density at radius 3 is 2.22 bits per heavy atom. The van der Waals surface area contributed by atoms with Gasteiger partial charge in [-0.2, -0.15) is 0 Å². The first-order chi connectivity index (χ1) is 15.4. The van der Waals surface area contributed by atoms with E-state index in [2.05, 4.69) is 15.4 Å². The number of hydrogen-bond acceptors (Lipinski definition) is 5. The Labute approximate surface area is 191 Å². The quantitative estimate of drug-likeness (QED) is 0.454. The minimum atomic E-state index is -0.398. The molecule has 0 aliphatic heterocycles. The second-order valence-electron chi connectivity index (χ2n) is 7.27. The van der Waals surface area contributed by atoms with Gasteiger partial charge < -0.3 is 15.0 Å². The predicted molar refractivity (Wildman–Crippen MR) is 127 cm³/mol. The summed E-state index contributed by atoms with van der Waals surface area (Å²) in [5, 5.41) is 7.95. The van der Waals surface area contributed by atoms with E-state index in [-0.39, 0.29) is 5.82 Å². The van der Waals surface area contributed by atoms with E-state index in [1.165, 1.54) is 0 Å². The van der Waals surface area contributed by atoms with Crippen molar-refractivity contribution in [2.24, 2.45) is 0 Å². The highest BCUT2D eigenvalue weighted by Crippen LogP contribution is 2.25. The lowest BCUT2D eigenvalue weighted by atomic mass is 10.2. The smallest absolute Gasteiger partial charge is 0.295 e. The molecular formula is C24H22ClN5O2. The average Bonchev–Trinajstić information content (AvgIpc) is 3.25. The minimum Gasteiger partial charge on any atom is -0.497 e. The van der Waals surface area contributed by atoms with Gasteiger partial charge >= 0.3 is 0 Å². The van der Waals surface area contributed by atoms with Gasteiger partial charge in [0.25, 0.3) is 5.91 Å². The standard InChI is InChI=1S/C24H22ClN5O2/c1-29(2)19-12-8-18(9-13-19)26-24(31)22-27-23(16-4-14-21(32-3)15-5-16)30(28-22)20-10-6-17(25)7-11-20/h4-15H,1-3H3,(H,26,31). The number of carbonyl (C=O) groups excluding carboxylic acids is 1. The van der Waals surface area contributed by atoms with E-state index >= 15 is 0 Å². The van der Waals surface area contributed by atoms with Crippen LogP contribution in [0.3, 0.4) is 0 Å². The molecule has 1 aromatic heterocycles. The van der Waals surface area contributed by atoms with Crippen molar-refractivity contribution in [2.75, 3.05) is 31.4 Å². The Morgan fingerprint density at radius 2 is 1.62 bits per heavy atom. The molecule has 32 heavy (non-hydrogen) atoms. The minimum absolute atomic E-state index is 0.0578. The number of methoxy groups -OCH3 is 1. The second-order valence-corrected chi connectivity index (χ2v) is 7.71. The van der Waals surface area contributed by atoms with Gasteiger partial charge in [-0.05, 0) is 72.8 Å². The van der Waals surface area contributed by atoms with Crippen LogP contribution in [0, 0.1) is 0 Å². The number of carbonyl (C=O) groups is 1. The van der Waals surface area contributed by atoms with Crippen molar-refractivity contribution in [3.05, 3.63) is 83.6 Å². The summed E-state index contributed by atoms with van der Waals surface area (Å²) in [5.41, 5.74) is 3.23. The number of nitrogens with zero attached hydrogens (tertiary/aromatic N) is 4. The molecule has 0 aliphatic carbocycles. The van der Waals surface area contributed by atoms with Crippen molar-refractivity contribution in [1.29, 1.82) is 0 Å². The van der Waals surface area contributed by atoms with Crippen LogP contribution in [0.15, 0.2) is 72.8 Å². The number of aromatic nitrogens is 3. The van der Waals surface area contributed by atoms with Crippen molar-refractivity contribution in [1.82, 2.24) is 14.8 Å². The van der Waals surface area contributed by atoms with Gasteiger partial charge in [0.2, 0.25) is 5.82 Å². The summed E-state index contributed by atoms with van der Waals surface area (Å²) in [4.78, 5) is 19.4. The molecule has 0 saturated carbocycles. The summed E-state index contributed by atoms with van der Waals surface area (Å²) in [6.45, 7) is 0. The lowest BCUT2D eigenvalue weighted by Crippen LogP contribution is -2.14. The Hall–Kier alpha value is -3.84. The van der Waals surface area contributed by atoms with Crippen molar-refractivity contribution < 1.29 is 9.53 Å². The normalized spacial score (nSPS) is 10.6. The van der Waals surface area contributed by atoms with Gasteiger partial charge in [0.05, 0.1) is 12.8 Å². The van der Waals surface area contributed by atoms with Crippen LogP contribution < -0.4 is 15.0 Å². The first-order valence-electron chi connectivity index (χ1n) is 9.91. The Bertz CT molecular complexity index is 1220. The molecule has 0 fully saturated rings. The fourth-order valence-corrected chi connectivity index (χ4v) is 3.25. The fourth-order valence-electron chi connectivity index (χ4n) is 3.13. The Kier molecular flexibility index (Phi) is 6.09. The van der Waals surface area contributed by atoms with Crippen LogP contribution in [0.1, 0.15) is 10.6 Å². The molecule has 0 atom stereocenters. The van der Waals surface area contributed by atoms with Crippen molar-refractivity contribution in [3.63, 3.8) is 0 Å². The monoisotopic (exact) mass is 447 g/mol. The third-order valence-electron chi connectivity index (χ3n) is 4.87. The molecule has 7 nitrogen and oxygen atoms in total. The largest absolute Gasteiger partial charge is 0.497 e. The third kappa shape index (κ3) is 4.58. The first kappa shape index (κ1) is 21.4. The van der Waals surface area contributed by atoms with E-state index in [1.54, 1.807) is 23.9 Å². The summed E-state index contributed by atoms with van der Waals surface area (Å²) >= 11 is 6.04. The number of rotatable bonds is 6. The van der Waals surface area contributed by atoms with Gasteiger partial charge in [0, 0.05) is 36.1 Å². The molecule has 0 radical (unpaired) electrons. The molecule has 0 aliphatic rings. The molecule has 4 rings (SSSR count). The summed E-state index contributed by atoms with van der Waals surface area (Å²) in [5.74, 6) is 0.918. The summed E-state index contributed by atoms with van der Waals surface area (Å²) < 4.78 is 6.87. The molecule has 4 aromatic rings. The van der Waals surface area contributed by atoms with Crippen LogP contribution in [0.25, 0.3) is 17.1 Å². The number of ether oxygens (including phenoxy) is 1. The molecule has 1 amide bonds. The molecule has 8 heteroatoms. The first-order valence-corrected chi connectivity index (χ1v) is 10.3. The summed E-state index contributed by atoms with van der Waals surface area (Å²) in [6, 6.07) is 22.1. The molecule has 0 spiro atoms. The SMILES string of the molecule is COc1ccc(-c2nc(C(=O)Nc3ccc(N(C)C)cc3)nn2-c2ccc(Cl)cc2)cc1. The average molecular weight is 448 g/mol. The topological polar surface area (TPSA) is 72.3 Å². The zero-order valence-corrected chi connectivity index (χ0v) is 18.7. The maximum atomic E-state index is 12.9. The van der Waals surface area contributed by atoms with Crippen molar-refractivity contribution in [3.8, 4) is 22.8 Å². The molecule has 1 heterocycles. The van der Waals surface area contributed by atoms with E-state index in [0.717, 1.165) is 22.7 Å². The Balaban J connectivity index is 1.69. The maximum absolute atomic E-state index is 12.9. The van der Waals surface area contributed by atoms with E-state index in [0.29, 0.717) is 16.5 Å². The lowest BCUT2D eigenvalue weighted by Gasteiger charge is -2.12. The Morgan fingerprint density at radius 1 is 0.969 bits per heavy atom. The molecule has 0 bridgehead atoms. The predicted octanol–water partition coefficient (Wildman–Crippen LogP) is 4.91. The van der Waals surface area contributed by atoms with Gasteiger partial charge in [-0.3, -0.25) is 4.79 Å². The molecule has 0 saturated heterocycles. The van der Waals surface area contributed by atoms with Crippen LogP contribution in [0.5, 0.6) is 5.75 Å². The van der Waals surface area contributed by atoms with Gasteiger partial charge in [-0.15, -0.1) is 5.10 Å². The van der Waals surface area contributed by atoms with Crippen molar-refractivity contribution >= 4 is 28.9 Å². The molecule has 0 unspecified atom stereocenters. The zero-order chi connectivity index (χ0) is 22.7. The van der Waals surface area contributed by atoms with Crippen LogP contribution in [0.4, 0.5) is 11.4 Å². The number of hydrogen-bond donors (Lipinski definition) is 1. The summed E-state index contributed by atoms with van der Waals surface area (Å²) in [6.07, 6.45) is 0. The highest BCUT2D eigenvalue weighted by Gasteiger charge is 2.19. The van der Waals surface area contributed by atoms with Crippen molar-refractivity contribution in [2.45, 2.75) is 0 Å². The van der Waals surface area contributed by atoms with Crippen LogP contribution in [0.2, 0.25) is 5.02 Å². The van der Waals surface area contributed by atoms with E-state index in [1.807, 2.05) is 79.7 Å². The highest BCUT2D eigenvalue weighted by atomic mass is 35.5. The number of halogens is 1. The highest BCUT2D eigenvalue weighted by molar-refractivity contribution is 6.30. The summed E-state index contributed by atoms with van der Waals surface area (Å²) in [7, 11) is 5.53. The van der Waals surface area contributed by atoms with Crippen LogP contribution >= 0.6 is 11.6 Å². The van der Waals surface area contributed by atoms with Crippen LogP contribution in [-0.2, 0) is 0 Å². The van der Waals surface area contributed by atoms with E-state index < -0.39 is 5.91 Å². The zero-order valence-electron chi connectivity index (χ0n) is 17.9. The molecule has 1 N–H and O–H groups in total. The fraction of sp³-hybridized carbons (Fsp3) is 0.125.